The number of hydrogen-bond donors (Lipinski definition) is 2. The summed E-state index contributed by atoms with van der Waals surface area (Å²) in [5, 5.41) is 10.6. The molecule has 1 saturated carbocycles. The third-order valence-electron chi connectivity index (χ3n) is 7.96. The van der Waals surface area contributed by atoms with Crippen LogP contribution < -0.4 is 10.2 Å². The number of halogens is 4. The van der Waals surface area contributed by atoms with Gasteiger partial charge in [-0.15, -0.1) is 0 Å². The number of amides is 1. The third-order valence-corrected chi connectivity index (χ3v) is 9.92. The quantitative estimate of drug-likeness (QED) is 0.161. The van der Waals surface area contributed by atoms with Crippen molar-refractivity contribution in [2.45, 2.75) is 48.0 Å². The second-order valence-electron chi connectivity index (χ2n) is 10.9. The van der Waals surface area contributed by atoms with Crippen molar-refractivity contribution in [1.82, 2.24) is 20.5 Å². The van der Waals surface area contributed by atoms with E-state index in [4.69, 9.17) is 0 Å². The van der Waals surface area contributed by atoms with E-state index in [1.165, 1.54) is 48.8 Å². The van der Waals surface area contributed by atoms with Gasteiger partial charge in [0.15, 0.2) is 0 Å². The van der Waals surface area contributed by atoms with Crippen LogP contribution in [0.3, 0.4) is 0 Å². The Kier molecular flexibility index (Phi) is 8.06. The number of anilines is 1. The molecule has 1 amide bonds. The number of aromatic nitrogens is 3. The van der Waals surface area contributed by atoms with Crippen LogP contribution in [-0.2, 0) is 6.18 Å². The van der Waals surface area contributed by atoms with Gasteiger partial charge in [0, 0.05) is 0 Å². The van der Waals surface area contributed by atoms with E-state index in [1.54, 1.807) is 30.3 Å². The SMILES string of the molecule is O=C(N[CH]([Po])C1CCC[C@H](N(CC2=CC2)c2cc(C(F)(F)F)nc3ccccc23)C1)c1cc(-c2ccccc2F)n[nH]1. The van der Waals surface area contributed by atoms with E-state index in [0.29, 0.717) is 34.4 Å². The van der Waals surface area contributed by atoms with Crippen LogP contribution in [0.2, 0.25) is 0 Å². The molecule has 2 aliphatic rings. The zero-order chi connectivity index (χ0) is 29.4. The number of aromatic amines is 1. The van der Waals surface area contributed by atoms with Gasteiger partial charge in [-0.3, -0.25) is 0 Å². The van der Waals surface area contributed by atoms with Gasteiger partial charge >= 0.3 is 257 Å². The minimum atomic E-state index is -4.56. The van der Waals surface area contributed by atoms with Crippen molar-refractivity contribution in [2.24, 2.45) is 5.92 Å². The maximum absolute atomic E-state index is 14.2. The van der Waals surface area contributed by atoms with Crippen molar-refractivity contribution < 1.29 is 22.4 Å². The van der Waals surface area contributed by atoms with E-state index in [-0.39, 0.29) is 27.3 Å². The Bertz CT molecular complexity index is 1650. The Morgan fingerprint density at radius 3 is 2.64 bits per heavy atom. The molecule has 11 heteroatoms. The fourth-order valence-electron chi connectivity index (χ4n) is 5.70. The maximum atomic E-state index is 14.2. The second-order valence-corrected chi connectivity index (χ2v) is 12.8. The number of allylic oxidation sites excluding steroid dienone is 1. The predicted octanol–water partition coefficient (Wildman–Crippen LogP) is 6.40. The molecule has 3 atom stereocenters. The molecular weight excluding hydrogens is 743 g/mol. The van der Waals surface area contributed by atoms with Crippen LogP contribution in [0.5, 0.6) is 0 Å². The Labute approximate surface area is 255 Å². The van der Waals surface area contributed by atoms with Gasteiger partial charge in [0.2, 0.25) is 0 Å². The van der Waals surface area contributed by atoms with E-state index < -0.39 is 17.7 Å². The number of carbonyl (C=O) groups excluding carboxylic acids is 1. The van der Waals surface area contributed by atoms with Crippen molar-refractivity contribution in [3.8, 4) is 11.3 Å². The fourth-order valence-corrected chi connectivity index (χ4v) is 7.08. The summed E-state index contributed by atoms with van der Waals surface area (Å²) >= 11 is 1.20. The normalized spacial score (nSPS) is 19.3. The molecule has 6 nitrogen and oxygen atoms in total. The number of benzene rings is 2. The molecule has 6 rings (SSSR count). The number of para-hydroxylation sites is 1. The van der Waals surface area contributed by atoms with E-state index >= 15 is 0 Å². The number of nitrogens with zero attached hydrogens (tertiary/aromatic N) is 3. The molecule has 4 aromatic rings. The summed E-state index contributed by atoms with van der Waals surface area (Å²) in [4.78, 5) is 19.2. The van der Waals surface area contributed by atoms with E-state index in [0.717, 1.165) is 32.1 Å². The van der Waals surface area contributed by atoms with Crippen LogP contribution in [0, 0.1) is 11.7 Å². The van der Waals surface area contributed by atoms with Gasteiger partial charge in [0.1, 0.15) is 0 Å². The summed E-state index contributed by atoms with van der Waals surface area (Å²) in [6.07, 6.45) is 1.83. The molecule has 0 spiro atoms. The molecule has 217 valence electrons. The van der Waals surface area contributed by atoms with Gasteiger partial charge in [-0.1, -0.05) is 0 Å². The van der Waals surface area contributed by atoms with Gasteiger partial charge in [-0.2, -0.15) is 0 Å². The van der Waals surface area contributed by atoms with Gasteiger partial charge in [0.05, 0.1) is 0 Å². The van der Waals surface area contributed by atoms with E-state index in [2.05, 4.69) is 31.5 Å². The first-order valence-electron chi connectivity index (χ1n) is 13.9. The average Bonchev–Trinajstić information content (AvgIpc) is 3.67. The predicted molar refractivity (Wildman–Crippen MR) is 154 cm³/mol. The molecule has 0 aliphatic heterocycles. The molecule has 0 bridgehead atoms. The Balaban J connectivity index is 1.22. The van der Waals surface area contributed by atoms with E-state index in [1.807, 2.05) is 12.1 Å². The summed E-state index contributed by atoms with van der Waals surface area (Å²) in [7, 11) is 0. The summed E-state index contributed by atoms with van der Waals surface area (Å²) in [6.45, 7) is 0.573. The van der Waals surface area contributed by atoms with Gasteiger partial charge in [0.25, 0.3) is 0 Å². The van der Waals surface area contributed by atoms with Crippen LogP contribution in [-0.4, -0.2) is 62.4 Å². The summed E-state index contributed by atoms with van der Waals surface area (Å²) in [5.41, 5.74) is 2.10. The zero-order valence-electron chi connectivity index (χ0n) is 22.5. The van der Waals surface area contributed by atoms with Crippen molar-refractivity contribution in [3.05, 3.63) is 89.5 Å². The number of fused-ring (bicyclic) bond motifs is 1. The molecule has 2 aromatic carbocycles. The molecule has 2 aliphatic carbocycles. The molecule has 1 radical (unpaired) electrons. The van der Waals surface area contributed by atoms with Crippen LogP contribution in [0.1, 0.15) is 48.3 Å². The number of pyridine rings is 1. The number of carbonyl (C=O) groups is 1. The van der Waals surface area contributed by atoms with Crippen molar-refractivity contribution >= 4 is 47.6 Å². The molecule has 2 N–H and O–H groups in total. The number of H-pyrrole nitrogens is 1. The molecule has 1 fully saturated rings. The Morgan fingerprint density at radius 2 is 1.88 bits per heavy atom. The molecule has 0 saturated heterocycles. The number of rotatable bonds is 8. The number of nitrogens with one attached hydrogen (secondary N) is 2. The molecule has 2 heterocycles. The fraction of sp³-hybridized carbons (Fsp3) is 0.323. The monoisotopic (exact) mass is 771 g/mol. The summed E-state index contributed by atoms with van der Waals surface area (Å²) < 4.78 is 55.7. The summed E-state index contributed by atoms with van der Waals surface area (Å²) in [5.74, 6) is -0.581. The van der Waals surface area contributed by atoms with Gasteiger partial charge in [-0.25, -0.2) is 0 Å². The van der Waals surface area contributed by atoms with Crippen LogP contribution in [0.25, 0.3) is 22.2 Å². The topological polar surface area (TPSA) is 73.9 Å². The van der Waals surface area contributed by atoms with Crippen LogP contribution in [0.4, 0.5) is 23.2 Å². The zero-order valence-corrected chi connectivity index (χ0v) is 25.7. The van der Waals surface area contributed by atoms with Gasteiger partial charge < -0.3 is 0 Å². The molecule has 2 aromatic heterocycles. The summed E-state index contributed by atoms with van der Waals surface area (Å²) in [6, 6.07) is 16.0. The number of hydrogen-bond acceptors (Lipinski definition) is 4. The second kappa shape index (κ2) is 11.8. The average molecular weight is 772 g/mol. The first-order chi connectivity index (χ1) is 20.2. The minimum absolute atomic E-state index is 0.00991. The third kappa shape index (κ3) is 6.22. The van der Waals surface area contributed by atoms with Crippen LogP contribution >= 0.6 is 0 Å². The molecular formula is C31H28F4N5OPo. The Morgan fingerprint density at radius 1 is 1.12 bits per heavy atom. The van der Waals surface area contributed by atoms with Crippen molar-refractivity contribution in [3.63, 3.8) is 0 Å². The molecule has 42 heavy (non-hydrogen) atoms. The Hall–Kier alpha value is -3.31. The van der Waals surface area contributed by atoms with Crippen molar-refractivity contribution in [2.75, 3.05) is 11.4 Å². The van der Waals surface area contributed by atoms with Crippen LogP contribution in [0.15, 0.2) is 72.3 Å². The number of alkyl halides is 3. The van der Waals surface area contributed by atoms with E-state index in [9.17, 15) is 22.4 Å². The first kappa shape index (κ1) is 28.8. The first-order valence-corrected chi connectivity index (χ1v) is 15.7. The molecule has 2 unspecified atom stereocenters. The standard InChI is InChI=1S/C31H28F4N5O.Po/c32-24-10-3-1-8-22(24)26-15-27(39-38-26)30(41)36-17-20-6-5-7-21(14-20)40(18-19-12-13-19)28-16-29(31(33,34)35)37-25-11-4-2-9-23(25)28;/h1-4,8-12,15-17,20-21H,5-7,13-14,18H2,(H,36,41)(H,38,39);/t20?,21-;/m0./s1. The van der Waals surface area contributed by atoms with Gasteiger partial charge in [-0.05, 0) is 0 Å². The van der Waals surface area contributed by atoms with Crippen molar-refractivity contribution in [1.29, 1.82) is 0 Å².